The number of imide groups is 1. The molecule has 0 saturated carbocycles. The van der Waals surface area contributed by atoms with Crippen molar-refractivity contribution in [1.82, 2.24) is 14.8 Å². The fraction of sp³-hybridized carbons (Fsp3) is 0.400. The van der Waals surface area contributed by atoms with Gasteiger partial charge in [-0.05, 0) is 6.07 Å². The van der Waals surface area contributed by atoms with Crippen molar-refractivity contribution in [2.24, 2.45) is 12.8 Å². The van der Waals surface area contributed by atoms with E-state index in [-0.39, 0.29) is 12.5 Å². The third-order valence-electron chi connectivity index (χ3n) is 2.93. The predicted molar refractivity (Wildman–Crippen MR) is 57.4 cm³/mol. The molecule has 1 atom stereocenters. The van der Waals surface area contributed by atoms with Crippen LogP contribution in [-0.4, -0.2) is 35.0 Å². The molecule has 1 fully saturated rings. The summed E-state index contributed by atoms with van der Waals surface area (Å²) < 4.78 is 1.81. The first kappa shape index (κ1) is 10.7. The Balaban J connectivity index is 2.49. The van der Waals surface area contributed by atoms with E-state index in [0.29, 0.717) is 5.56 Å². The number of aryl methyl sites for hydroxylation is 1. The van der Waals surface area contributed by atoms with Gasteiger partial charge in [0.25, 0.3) is 5.91 Å². The van der Waals surface area contributed by atoms with Crippen LogP contribution in [0.3, 0.4) is 0 Å². The van der Waals surface area contributed by atoms with Crippen LogP contribution in [0.2, 0.25) is 0 Å². The zero-order valence-electron chi connectivity index (χ0n) is 9.23. The van der Waals surface area contributed by atoms with Crippen LogP contribution >= 0.6 is 0 Å². The molecule has 0 radical (unpaired) electrons. The average Bonchev–Trinajstić information content (AvgIpc) is 2.78. The number of likely N-dealkylation sites (N-methyl/N-ethyl adjacent to an activating group) is 1. The molecular weight excluding hydrogens is 208 g/mol. The molecule has 1 unspecified atom stereocenters. The molecule has 1 aromatic rings. The van der Waals surface area contributed by atoms with Gasteiger partial charge in [-0.25, -0.2) is 4.79 Å². The molecule has 1 aliphatic heterocycles. The quantitative estimate of drug-likeness (QED) is 0.653. The van der Waals surface area contributed by atoms with Gasteiger partial charge in [-0.1, -0.05) is 0 Å². The summed E-state index contributed by atoms with van der Waals surface area (Å²) in [4.78, 5) is 24.6. The highest BCUT2D eigenvalue weighted by molar-refractivity contribution is 6.07. The molecule has 1 saturated heterocycles. The molecule has 2 rings (SSSR count). The molecule has 6 nitrogen and oxygen atoms in total. The zero-order chi connectivity index (χ0) is 11.9. The SMILES string of the molecule is CN1C(=O)NC(CN)(c2ccn(C)c2)C1=O. The first-order valence-corrected chi connectivity index (χ1v) is 4.94. The number of carbonyl (C=O) groups excluding carboxylic acids is 2. The lowest BCUT2D eigenvalue weighted by atomic mass is 9.92. The lowest BCUT2D eigenvalue weighted by Crippen LogP contribution is -2.49. The Morgan fingerprint density at radius 3 is 2.50 bits per heavy atom. The summed E-state index contributed by atoms with van der Waals surface area (Å²) in [7, 11) is 3.29. The molecule has 0 aromatic carbocycles. The largest absolute Gasteiger partial charge is 0.357 e. The molecule has 2 heterocycles. The summed E-state index contributed by atoms with van der Waals surface area (Å²) in [6, 6.07) is 1.36. The summed E-state index contributed by atoms with van der Waals surface area (Å²) in [5, 5.41) is 2.65. The highest BCUT2D eigenvalue weighted by Gasteiger charge is 2.50. The molecule has 16 heavy (non-hydrogen) atoms. The zero-order valence-corrected chi connectivity index (χ0v) is 9.23. The van der Waals surface area contributed by atoms with Gasteiger partial charge in [0.05, 0.1) is 0 Å². The van der Waals surface area contributed by atoms with Gasteiger partial charge in [0.1, 0.15) is 0 Å². The van der Waals surface area contributed by atoms with Gasteiger partial charge < -0.3 is 15.6 Å². The van der Waals surface area contributed by atoms with Crippen molar-refractivity contribution in [3.8, 4) is 0 Å². The maximum Gasteiger partial charge on any atom is 0.325 e. The predicted octanol–water partition coefficient (Wildman–Crippen LogP) is -0.639. The minimum absolute atomic E-state index is 0.0475. The van der Waals surface area contributed by atoms with Gasteiger partial charge >= 0.3 is 6.03 Å². The number of nitrogens with one attached hydrogen (secondary N) is 1. The number of nitrogens with two attached hydrogens (primary N) is 1. The maximum atomic E-state index is 12.0. The second-order valence-electron chi connectivity index (χ2n) is 3.97. The number of aromatic nitrogens is 1. The molecule has 3 amide bonds. The number of carbonyl (C=O) groups is 2. The van der Waals surface area contributed by atoms with Crippen molar-refractivity contribution in [1.29, 1.82) is 0 Å². The molecule has 0 spiro atoms. The van der Waals surface area contributed by atoms with Crippen molar-refractivity contribution in [3.63, 3.8) is 0 Å². The van der Waals surface area contributed by atoms with Crippen molar-refractivity contribution in [2.45, 2.75) is 5.54 Å². The Morgan fingerprint density at radius 2 is 2.12 bits per heavy atom. The smallest absolute Gasteiger partial charge is 0.325 e. The van der Waals surface area contributed by atoms with Gasteiger partial charge in [-0.15, -0.1) is 0 Å². The van der Waals surface area contributed by atoms with Crippen LogP contribution in [0, 0.1) is 0 Å². The van der Waals surface area contributed by atoms with Gasteiger partial charge in [0.2, 0.25) is 0 Å². The number of urea groups is 1. The summed E-state index contributed by atoms with van der Waals surface area (Å²) in [6.45, 7) is 0.0475. The van der Waals surface area contributed by atoms with Crippen molar-refractivity contribution in [3.05, 3.63) is 24.0 Å². The maximum absolute atomic E-state index is 12.0. The summed E-state index contributed by atoms with van der Waals surface area (Å²) in [5.74, 6) is -0.314. The van der Waals surface area contributed by atoms with E-state index in [2.05, 4.69) is 5.32 Å². The molecule has 86 valence electrons. The molecule has 0 bridgehead atoms. The van der Waals surface area contributed by atoms with Crippen LogP contribution in [0.1, 0.15) is 5.56 Å². The van der Waals surface area contributed by atoms with Gasteiger partial charge in [0.15, 0.2) is 5.54 Å². The number of hydrogen-bond acceptors (Lipinski definition) is 3. The van der Waals surface area contributed by atoms with Gasteiger partial charge in [0, 0.05) is 38.6 Å². The van der Waals surface area contributed by atoms with Crippen LogP contribution < -0.4 is 11.1 Å². The van der Waals surface area contributed by atoms with Crippen molar-refractivity contribution >= 4 is 11.9 Å². The Hall–Kier alpha value is -1.82. The molecule has 1 aliphatic rings. The molecule has 1 aromatic heterocycles. The van der Waals surface area contributed by atoms with Crippen LogP contribution in [0.25, 0.3) is 0 Å². The second-order valence-corrected chi connectivity index (χ2v) is 3.97. The summed E-state index contributed by atoms with van der Waals surface area (Å²) >= 11 is 0. The third-order valence-corrected chi connectivity index (χ3v) is 2.93. The van der Waals surface area contributed by atoms with Crippen LogP contribution in [0.15, 0.2) is 18.5 Å². The Bertz CT molecular complexity index is 453. The number of nitrogens with zero attached hydrogens (tertiary/aromatic N) is 2. The van der Waals surface area contributed by atoms with E-state index in [1.165, 1.54) is 7.05 Å². The van der Waals surface area contributed by atoms with Crippen LogP contribution in [0.5, 0.6) is 0 Å². The van der Waals surface area contributed by atoms with E-state index in [4.69, 9.17) is 5.73 Å². The lowest BCUT2D eigenvalue weighted by molar-refractivity contribution is -0.130. The van der Waals surface area contributed by atoms with E-state index in [1.807, 2.05) is 17.8 Å². The van der Waals surface area contributed by atoms with Crippen LogP contribution in [-0.2, 0) is 17.4 Å². The van der Waals surface area contributed by atoms with E-state index >= 15 is 0 Å². The molecule has 6 heteroatoms. The average molecular weight is 222 g/mol. The minimum Gasteiger partial charge on any atom is -0.357 e. The van der Waals surface area contributed by atoms with Gasteiger partial charge in [-0.3, -0.25) is 9.69 Å². The van der Waals surface area contributed by atoms with E-state index < -0.39 is 11.6 Å². The first-order valence-electron chi connectivity index (χ1n) is 4.94. The fourth-order valence-electron chi connectivity index (χ4n) is 1.91. The number of hydrogen-bond donors (Lipinski definition) is 2. The highest BCUT2D eigenvalue weighted by atomic mass is 16.2. The summed E-state index contributed by atoms with van der Waals surface area (Å²) in [5.41, 5.74) is 5.26. The molecule has 0 aliphatic carbocycles. The molecular formula is C10H14N4O2. The van der Waals surface area contributed by atoms with Crippen molar-refractivity contribution in [2.75, 3.05) is 13.6 Å². The second kappa shape index (κ2) is 3.34. The molecule has 3 N–H and O–H groups in total. The van der Waals surface area contributed by atoms with Crippen molar-refractivity contribution < 1.29 is 9.59 Å². The normalized spacial score (nSPS) is 25.1. The minimum atomic E-state index is -1.10. The first-order chi connectivity index (χ1) is 7.51. The van der Waals surface area contributed by atoms with E-state index in [1.54, 1.807) is 12.3 Å². The number of amides is 3. The standard InChI is InChI=1S/C10H14N4O2/c1-13-4-3-7(5-13)10(6-11)8(15)14(2)9(16)12-10/h3-5H,6,11H2,1-2H3,(H,12,16). The van der Waals surface area contributed by atoms with E-state index in [0.717, 1.165) is 4.90 Å². The Morgan fingerprint density at radius 1 is 1.44 bits per heavy atom. The van der Waals surface area contributed by atoms with Crippen LogP contribution in [0.4, 0.5) is 4.79 Å². The Kier molecular flexibility index (Phi) is 2.23. The van der Waals surface area contributed by atoms with Gasteiger partial charge in [-0.2, -0.15) is 0 Å². The number of rotatable bonds is 2. The third kappa shape index (κ3) is 1.23. The highest BCUT2D eigenvalue weighted by Crippen LogP contribution is 2.27. The fourth-order valence-corrected chi connectivity index (χ4v) is 1.91. The Labute approximate surface area is 93.0 Å². The summed E-state index contributed by atoms with van der Waals surface area (Å²) in [6.07, 6.45) is 3.59. The topological polar surface area (TPSA) is 80.4 Å². The monoisotopic (exact) mass is 222 g/mol. The van der Waals surface area contributed by atoms with E-state index in [9.17, 15) is 9.59 Å². The lowest BCUT2D eigenvalue weighted by Gasteiger charge is -2.23.